The van der Waals surface area contributed by atoms with Crippen LogP contribution in [0.1, 0.15) is 24.2 Å². The summed E-state index contributed by atoms with van der Waals surface area (Å²) >= 11 is 0. The van der Waals surface area contributed by atoms with Gasteiger partial charge in [-0.15, -0.1) is 0 Å². The summed E-state index contributed by atoms with van der Waals surface area (Å²) in [7, 11) is 0. The van der Waals surface area contributed by atoms with Crippen LogP contribution in [0.25, 0.3) is 11.5 Å². The van der Waals surface area contributed by atoms with Crippen LogP contribution in [0.4, 0.5) is 0 Å². The summed E-state index contributed by atoms with van der Waals surface area (Å²) in [6.07, 6.45) is 3.04. The number of phenols is 1. The molecule has 19 heavy (non-hydrogen) atoms. The van der Waals surface area contributed by atoms with Gasteiger partial charge in [-0.25, -0.2) is 0 Å². The van der Waals surface area contributed by atoms with E-state index in [0.29, 0.717) is 18.1 Å². The maximum atomic E-state index is 9.69. The van der Waals surface area contributed by atoms with Crippen molar-refractivity contribution in [3.63, 3.8) is 0 Å². The minimum Gasteiger partial charge on any atom is -0.508 e. The van der Waals surface area contributed by atoms with Crippen molar-refractivity contribution in [3.05, 3.63) is 29.6 Å². The minimum absolute atomic E-state index is 0.204. The van der Waals surface area contributed by atoms with E-state index >= 15 is 0 Å². The molecule has 1 aromatic carbocycles. The molecular weight excluding hydrogens is 244 g/mol. The quantitative estimate of drug-likeness (QED) is 0.918. The van der Waals surface area contributed by atoms with Gasteiger partial charge in [0, 0.05) is 24.2 Å². The first kappa shape index (κ1) is 12.2. The summed E-state index contributed by atoms with van der Waals surface area (Å²) in [6, 6.07) is 5.27. The molecule has 1 aliphatic heterocycles. The number of hydrogen-bond donors (Lipinski definition) is 1. The molecule has 0 spiro atoms. The second-order valence-electron chi connectivity index (χ2n) is 4.80. The smallest absolute Gasteiger partial charge is 0.258 e. The molecule has 5 nitrogen and oxygen atoms in total. The number of hydrogen-bond acceptors (Lipinski definition) is 5. The lowest BCUT2D eigenvalue weighted by molar-refractivity contribution is 0.109. The predicted octanol–water partition coefficient (Wildman–Crippen LogP) is 2.47. The summed E-state index contributed by atoms with van der Waals surface area (Å²) < 4.78 is 10.8. The van der Waals surface area contributed by atoms with Crippen LogP contribution >= 0.6 is 0 Å². The lowest BCUT2D eigenvalue weighted by Gasteiger charge is -2.04. The van der Waals surface area contributed by atoms with Gasteiger partial charge in [-0.1, -0.05) is 11.2 Å². The number of ether oxygens (including phenoxy) is 1. The molecule has 2 aromatic rings. The first-order valence-electron chi connectivity index (χ1n) is 6.47. The van der Waals surface area contributed by atoms with Crippen LogP contribution in [0.2, 0.25) is 0 Å². The van der Waals surface area contributed by atoms with Crippen molar-refractivity contribution in [1.82, 2.24) is 10.1 Å². The molecule has 0 radical (unpaired) electrons. The van der Waals surface area contributed by atoms with E-state index in [1.165, 1.54) is 0 Å². The van der Waals surface area contributed by atoms with Gasteiger partial charge in [0.05, 0.1) is 6.10 Å². The topological polar surface area (TPSA) is 68.4 Å². The monoisotopic (exact) mass is 260 g/mol. The Kier molecular flexibility index (Phi) is 3.21. The molecule has 0 aliphatic carbocycles. The van der Waals surface area contributed by atoms with Crippen molar-refractivity contribution in [2.75, 3.05) is 6.61 Å². The lowest BCUT2D eigenvalue weighted by atomic mass is 10.1. The summed E-state index contributed by atoms with van der Waals surface area (Å²) in [6.45, 7) is 2.65. The van der Waals surface area contributed by atoms with E-state index in [2.05, 4.69) is 10.1 Å². The molecule has 1 aromatic heterocycles. The van der Waals surface area contributed by atoms with Gasteiger partial charge in [-0.05, 0) is 31.9 Å². The van der Waals surface area contributed by atoms with E-state index in [9.17, 15) is 5.11 Å². The Hall–Kier alpha value is -1.88. The summed E-state index contributed by atoms with van der Waals surface area (Å²) in [5.41, 5.74) is 1.51. The molecular formula is C14H16N2O3. The van der Waals surface area contributed by atoms with Gasteiger partial charge in [0.2, 0.25) is 0 Å². The van der Waals surface area contributed by atoms with E-state index in [4.69, 9.17) is 9.26 Å². The van der Waals surface area contributed by atoms with Gasteiger partial charge in [0.15, 0.2) is 5.82 Å². The lowest BCUT2D eigenvalue weighted by Crippen LogP contribution is -2.09. The van der Waals surface area contributed by atoms with Crippen LogP contribution in [0, 0.1) is 6.92 Å². The first-order chi connectivity index (χ1) is 9.24. The normalized spacial score (nSPS) is 18.9. The van der Waals surface area contributed by atoms with E-state index in [0.717, 1.165) is 30.6 Å². The molecule has 5 heteroatoms. The maximum Gasteiger partial charge on any atom is 0.258 e. The van der Waals surface area contributed by atoms with E-state index < -0.39 is 0 Å². The number of aromatic hydroxyl groups is 1. The summed E-state index contributed by atoms with van der Waals surface area (Å²) in [4.78, 5) is 4.38. The van der Waals surface area contributed by atoms with Crippen molar-refractivity contribution in [1.29, 1.82) is 0 Å². The fourth-order valence-corrected chi connectivity index (χ4v) is 2.31. The van der Waals surface area contributed by atoms with Crippen LogP contribution in [-0.2, 0) is 11.2 Å². The van der Waals surface area contributed by atoms with E-state index in [1.54, 1.807) is 12.1 Å². The van der Waals surface area contributed by atoms with Crippen LogP contribution in [0.3, 0.4) is 0 Å². The third kappa shape index (κ3) is 2.46. The zero-order valence-corrected chi connectivity index (χ0v) is 10.8. The van der Waals surface area contributed by atoms with E-state index in [1.807, 2.05) is 13.0 Å². The molecule has 1 aliphatic rings. The molecule has 1 fully saturated rings. The molecule has 100 valence electrons. The largest absolute Gasteiger partial charge is 0.508 e. The Balaban J connectivity index is 1.82. The van der Waals surface area contributed by atoms with E-state index in [-0.39, 0.29) is 11.9 Å². The molecule has 1 unspecified atom stereocenters. The maximum absolute atomic E-state index is 9.69. The minimum atomic E-state index is 0.204. The Morgan fingerprint density at radius 2 is 2.32 bits per heavy atom. The number of phenolic OH excluding ortho intramolecular Hbond substituents is 1. The molecule has 2 heterocycles. The molecule has 1 atom stereocenters. The third-order valence-electron chi connectivity index (χ3n) is 3.44. The van der Waals surface area contributed by atoms with Crippen molar-refractivity contribution < 1.29 is 14.4 Å². The zero-order valence-electron chi connectivity index (χ0n) is 10.8. The molecule has 3 rings (SSSR count). The van der Waals surface area contributed by atoms with Gasteiger partial charge >= 0.3 is 0 Å². The SMILES string of the molecule is Cc1c(O)cccc1-c1nc(CC2CCCO2)no1. The molecule has 1 N–H and O–H groups in total. The Bertz CT molecular complexity index is 574. The molecule has 0 saturated carbocycles. The third-order valence-corrected chi connectivity index (χ3v) is 3.44. The van der Waals surface area contributed by atoms with Crippen molar-refractivity contribution >= 4 is 0 Å². The zero-order chi connectivity index (χ0) is 13.2. The predicted molar refractivity (Wildman–Crippen MR) is 68.8 cm³/mol. The van der Waals surface area contributed by atoms with Gasteiger partial charge in [0.1, 0.15) is 5.75 Å². The highest BCUT2D eigenvalue weighted by molar-refractivity contribution is 5.61. The number of benzene rings is 1. The number of rotatable bonds is 3. The second-order valence-corrected chi connectivity index (χ2v) is 4.80. The second kappa shape index (κ2) is 5.01. The fourth-order valence-electron chi connectivity index (χ4n) is 2.31. The fraction of sp³-hybridized carbons (Fsp3) is 0.429. The standard InChI is InChI=1S/C14H16N2O3/c1-9-11(5-2-6-12(9)17)14-15-13(16-19-14)8-10-4-3-7-18-10/h2,5-6,10,17H,3-4,7-8H2,1H3. The molecule has 0 bridgehead atoms. The van der Waals surface area contributed by atoms with Crippen LogP contribution in [0.5, 0.6) is 5.75 Å². The van der Waals surface area contributed by atoms with Gasteiger partial charge < -0.3 is 14.4 Å². The van der Waals surface area contributed by atoms with Gasteiger partial charge in [0.25, 0.3) is 5.89 Å². The summed E-state index contributed by atoms with van der Waals surface area (Å²) in [5, 5.41) is 13.7. The van der Waals surface area contributed by atoms with Gasteiger partial charge in [-0.2, -0.15) is 4.98 Å². The highest BCUT2D eigenvalue weighted by Gasteiger charge is 2.20. The average molecular weight is 260 g/mol. The summed E-state index contributed by atoms with van der Waals surface area (Å²) in [5.74, 6) is 1.34. The Labute approximate surface area is 111 Å². The van der Waals surface area contributed by atoms with Gasteiger partial charge in [-0.3, -0.25) is 0 Å². The highest BCUT2D eigenvalue weighted by atomic mass is 16.5. The Morgan fingerprint density at radius 1 is 1.42 bits per heavy atom. The van der Waals surface area contributed by atoms with Crippen LogP contribution in [0.15, 0.2) is 22.7 Å². The van der Waals surface area contributed by atoms with Crippen LogP contribution < -0.4 is 0 Å². The first-order valence-corrected chi connectivity index (χ1v) is 6.47. The van der Waals surface area contributed by atoms with Crippen LogP contribution in [-0.4, -0.2) is 28.0 Å². The number of nitrogens with zero attached hydrogens (tertiary/aromatic N) is 2. The van der Waals surface area contributed by atoms with Crippen molar-refractivity contribution in [2.45, 2.75) is 32.3 Å². The number of aromatic nitrogens is 2. The van der Waals surface area contributed by atoms with Crippen molar-refractivity contribution in [2.24, 2.45) is 0 Å². The molecule has 0 amide bonds. The highest BCUT2D eigenvalue weighted by Crippen LogP contribution is 2.28. The Morgan fingerprint density at radius 3 is 3.11 bits per heavy atom. The molecule has 1 saturated heterocycles. The average Bonchev–Trinajstić information content (AvgIpc) is 3.05. The van der Waals surface area contributed by atoms with Crippen molar-refractivity contribution in [3.8, 4) is 17.2 Å².